The van der Waals surface area contributed by atoms with Crippen LogP contribution in [0.2, 0.25) is 15.1 Å². The third kappa shape index (κ3) is 3.69. The van der Waals surface area contributed by atoms with E-state index in [9.17, 15) is 0 Å². The second-order valence-corrected chi connectivity index (χ2v) is 6.47. The lowest BCUT2D eigenvalue weighted by molar-refractivity contribution is 0.630. The van der Waals surface area contributed by atoms with Crippen LogP contribution in [-0.4, -0.2) is 6.54 Å². The van der Waals surface area contributed by atoms with Gasteiger partial charge in [-0.25, -0.2) is 0 Å². The number of benzene rings is 2. The largest absolute Gasteiger partial charge is 0.306 e. The van der Waals surface area contributed by atoms with Crippen LogP contribution in [0.15, 0.2) is 40.9 Å². The van der Waals surface area contributed by atoms with E-state index in [0.29, 0.717) is 15.1 Å². The third-order valence-electron chi connectivity index (χ3n) is 2.95. The summed E-state index contributed by atoms with van der Waals surface area (Å²) in [6.07, 6.45) is 0. The smallest absolute Gasteiger partial charge is 0.0595 e. The molecule has 1 nitrogen and oxygen atoms in total. The minimum Gasteiger partial charge on any atom is -0.306 e. The molecule has 1 N–H and O–H groups in total. The molecular formula is C15H13BrCl3N. The Morgan fingerprint density at radius 3 is 2.35 bits per heavy atom. The maximum atomic E-state index is 6.33. The zero-order valence-corrected chi connectivity index (χ0v) is 14.6. The van der Waals surface area contributed by atoms with Crippen molar-refractivity contribution in [3.05, 3.63) is 67.1 Å². The molecule has 20 heavy (non-hydrogen) atoms. The van der Waals surface area contributed by atoms with Crippen LogP contribution >= 0.6 is 50.7 Å². The molecule has 0 aromatic heterocycles. The van der Waals surface area contributed by atoms with Gasteiger partial charge in [-0.3, -0.25) is 0 Å². The van der Waals surface area contributed by atoms with Crippen LogP contribution in [0.5, 0.6) is 0 Å². The van der Waals surface area contributed by atoms with E-state index < -0.39 is 0 Å². The van der Waals surface area contributed by atoms with Crippen LogP contribution in [0, 0.1) is 0 Å². The first-order chi connectivity index (χ1) is 9.52. The van der Waals surface area contributed by atoms with Crippen LogP contribution in [0.4, 0.5) is 0 Å². The predicted molar refractivity (Wildman–Crippen MR) is 91.1 cm³/mol. The summed E-state index contributed by atoms with van der Waals surface area (Å²) in [6.45, 7) is 2.87. The summed E-state index contributed by atoms with van der Waals surface area (Å²) in [5.74, 6) is 0. The van der Waals surface area contributed by atoms with Crippen molar-refractivity contribution >= 4 is 50.7 Å². The monoisotopic (exact) mass is 391 g/mol. The van der Waals surface area contributed by atoms with E-state index in [1.807, 2.05) is 30.3 Å². The molecule has 0 heterocycles. The zero-order chi connectivity index (χ0) is 14.7. The second kappa shape index (κ2) is 7.15. The molecule has 5 heteroatoms. The molecule has 0 fully saturated rings. The molecule has 1 atom stereocenters. The van der Waals surface area contributed by atoms with Gasteiger partial charge in [0, 0.05) is 9.50 Å². The minimum atomic E-state index is -0.0280. The van der Waals surface area contributed by atoms with E-state index in [2.05, 4.69) is 28.2 Å². The first-order valence-corrected chi connectivity index (χ1v) is 8.09. The van der Waals surface area contributed by atoms with Crippen molar-refractivity contribution in [2.24, 2.45) is 0 Å². The van der Waals surface area contributed by atoms with Crippen LogP contribution in [0.25, 0.3) is 0 Å². The van der Waals surface area contributed by atoms with Gasteiger partial charge in [0.1, 0.15) is 0 Å². The lowest BCUT2D eigenvalue weighted by Crippen LogP contribution is -2.22. The van der Waals surface area contributed by atoms with Crippen molar-refractivity contribution in [3.63, 3.8) is 0 Å². The van der Waals surface area contributed by atoms with E-state index in [1.54, 1.807) is 6.07 Å². The first kappa shape index (κ1) is 16.1. The fraction of sp³-hybridized carbons (Fsp3) is 0.200. The molecule has 2 aromatic carbocycles. The van der Waals surface area contributed by atoms with E-state index >= 15 is 0 Å². The molecule has 0 spiro atoms. The van der Waals surface area contributed by atoms with Gasteiger partial charge < -0.3 is 5.32 Å². The van der Waals surface area contributed by atoms with Crippen LogP contribution in [-0.2, 0) is 0 Å². The Balaban J connectivity index is 2.49. The van der Waals surface area contributed by atoms with Gasteiger partial charge in [-0.2, -0.15) is 0 Å². The second-order valence-electron chi connectivity index (χ2n) is 4.33. The first-order valence-electron chi connectivity index (χ1n) is 6.16. The highest BCUT2D eigenvalue weighted by Gasteiger charge is 2.17. The van der Waals surface area contributed by atoms with E-state index in [0.717, 1.165) is 22.1 Å². The average molecular weight is 394 g/mol. The molecule has 0 aliphatic rings. The normalized spacial score (nSPS) is 12.4. The minimum absolute atomic E-state index is 0.0280. The Kier molecular flexibility index (Phi) is 5.76. The highest BCUT2D eigenvalue weighted by molar-refractivity contribution is 9.10. The highest BCUT2D eigenvalue weighted by Crippen LogP contribution is 2.33. The number of rotatable bonds is 4. The van der Waals surface area contributed by atoms with Gasteiger partial charge in [0.15, 0.2) is 0 Å². The van der Waals surface area contributed by atoms with Crippen molar-refractivity contribution in [3.8, 4) is 0 Å². The molecule has 0 amide bonds. The summed E-state index contributed by atoms with van der Waals surface area (Å²) >= 11 is 21.9. The maximum Gasteiger partial charge on any atom is 0.0595 e. The zero-order valence-electron chi connectivity index (χ0n) is 10.8. The molecule has 0 bridgehead atoms. The molecule has 2 rings (SSSR count). The van der Waals surface area contributed by atoms with Crippen LogP contribution in [0.3, 0.4) is 0 Å². The predicted octanol–water partition coefficient (Wildman–Crippen LogP) is 6.11. The Morgan fingerprint density at radius 1 is 1.00 bits per heavy atom. The quantitative estimate of drug-likeness (QED) is 0.661. The molecule has 0 aliphatic carbocycles. The molecule has 2 aromatic rings. The SMILES string of the molecule is CCNC(c1ccc(Cl)c(Cl)c1)c1cc(Br)ccc1Cl. The van der Waals surface area contributed by atoms with Crippen LogP contribution in [0.1, 0.15) is 24.1 Å². The highest BCUT2D eigenvalue weighted by atomic mass is 79.9. The van der Waals surface area contributed by atoms with Crippen LogP contribution < -0.4 is 5.32 Å². The van der Waals surface area contributed by atoms with Crippen molar-refractivity contribution in [1.29, 1.82) is 0 Å². The Labute approximate surface area is 142 Å². The molecule has 0 saturated heterocycles. The average Bonchev–Trinajstić information content (AvgIpc) is 2.42. The fourth-order valence-electron chi connectivity index (χ4n) is 2.04. The van der Waals surface area contributed by atoms with Crippen molar-refractivity contribution in [1.82, 2.24) is 5.32 Å². The molecule has 0 radical (unpaired) electrons. The topological polar surface area (TPSA) is 12.0 Å². The van der Waals surface area contributed by atoms with Gasteiger partial charge in [-0.05, 0) is 48.0 Å². The molecule has 1 unspecified atom stereocenters. The Morgan fingerprint density at radius 2 is 1.70 bits per heavy atom. The lowest BCUT2D eigenvalue weighted by Gasteiger charge is -2.21. The van der Waals surface area contributed by atoms with E-state index in [1.165, 1.54) is 0 Å². The fourth-order valence-corrected chi connectivity index (χ4v) is 2.95. The van der Waals surface area contributed by atoms with Gasteiger partial charge in [-0.15, -0.1) is 0 Å². The Hall–Kier alpha value is -0.250. The van der Waals surface area contributed by atoms with Crippen molar-refractivity contribution in [2.75, 3.05) is 6.54 Å². The van der Waals surface area contributed by atoms with Crippen molar-refractivity contribution in [2.45, 2.75) is 13.0 Å². The standard InChI is InChI=1S/C15H13BrCl3N/c1-2-20-15(9-3-5-13(18)14(19)7-9)11-8-10(16)4-6-12(11)17/h3-8,15,20H,2H2,1H3. The molecule has 106 valence electrons. The molecule has 0 aliphatic heterocycles. The third-order valence-corrected chi connectivity index (χ3v) is 4.53. The number of nitrogens with one attached hydrogen (secondary N) is 1. The molecule has 0 saturated carbocycles. The van der Waals surface area contributed by atoms with Gasteiger partial charge in [0.25, 0.3) is 0 Å². The summed E-state index contributed by atoms with van der Waals surface area (Å²) in [6, 6.07) is 11.4. The van der Waals surface area contributed by atoms with Gasteiger partial charge in [0.2, 0.25) is 0 Å². The molecular weight excluding hydrogens is 380 g/mol. The summed E-state index contributed by atoms with van der Waals surface area (Å²) < 4.78 is 0.986. The lowest BCUT2D eigenvalue weighted by atomic mass is 9.98. The number of hydrogen-bond acceptors (Lipinski definition) is 1. The summed E-state index contributed by atoms with van der Waals surface area (Å²) in [5.41, 5.74) is 2.03. The van der Waals surface area contributed by atoms with Gasteiger partial charge in [0.05, 0.1) is 16.1 Å². The van der Waals surface area contributed by atoms with Gasteiger partial charge >= 0.3 is 0 Å². The van der Waals surface area contributed by atoms with Gasteiger partial charge in [-0.1, -0.05) is 63.7 Å². The number of hydrogen-bond donors (Lipinski definition) is 1. The summed E-state index contributed by atoms with van der Waals surface area (Å²) in [5, 5.41) is 5.22. The van der Waals surface area contributed by atoms with Crippen molar-refractivity contribution < 1.29 is 0 Å². The maximum absolute atomic E-state index is 6.33. The van der Waals surface area contributed by atoms with E-state index in [-0.39, 0.29) is 6.04 Å². The van der Waals surface area contributed by atoms with E-state index in [4.69, 9.17) is 34.8 Å². The Bertz CT molecular complexity index is 616. The summed E-state index contributed by atoms with van der Waals surface area (Å²) in [4.78, 5) is 0. The number of halogens is 4. The summed E-state index contributed by atoms with van der Waals surface area (Å²) in [7, 11) is 0.